The molecule has 1 N–H and O–H groups in total. The molecule has 2 fully saturated rings. The Morgan fingerprint density at radius 3 is 2.75 bits per heavy atom. The van der Waals surface area contributed by atoms with E-state index in [1.165, 1.54) is 64.7 Å². The van der Waals surface area contributed by atoms with Crippen molar-refractivity contribution in [3.05, 3.63) is 0 Å². The fourth-order valence-corrected chi connectivity index (χ4v) is 4.03. The first-order chi connectivity index (χ1) is 9.70. The lowest BCUT2D eigenvalue weighted by Crippen LogP contribution is -2.46. The van der Waals surface area contributed by atoms with Gasteiger partial charge in [-0.15, -0.1) is 0 Å². The summed E-state index contributed by atoms with van der Waals surface area (Å²) in [4.78, 5) is 5.32. The van der Waals surface area contributed by atoms with Gasteiger partial charge in [0.15, 0.2) is 0 Å². The Kier molecular flexibility index (Phi) is 6.79. The van der Waals surface area contributed by atoms with Crippen LogP contribution >= 0.6 is 0 Å². The van der Waals surface area contributed by atoms with E-state index in [1.54, 1.807) is 0 Å². The summed E-state index contributed by atoms with van der Waals surface area (Å²) in [6.45, 7) is 10.9. The van der Waals surface area contributed by atoms with Crippen LogP contribution in [0.2, 0.25) is 0 Å². The van der Waals surface area contributed by atoms with Gasteiger partial charge in [0.05, 0.1) is 0 Å². The highest BCUT2D eigenvalue weighted by Gasteiger charge is 2.25. The van der Waals surface area contributed by atoms with Crippen LogP contribution in [0.3, 0.4) is 0 Å². The minimum absolute atomic E-state index is 0.681. The summed E-state index contributed by atoms with van der Waals surface area (Å²) < 4.78 is 0. The largest absolute Gasteiger partial charge is 0.314 e. The predicted molar refractivity (Wildman–Crippen MR) is 87.2 cm³/mol. The summed E-state index contributed by atoms with van der Waals surface area (Å²) in [6.07, 6.45) is 8.43. The molecule has 0 aromatic rings. The first kappa shape index (κ1) is 16.3. The lowest BCUT2D eigenvalue weighted by molar-refractivity contribution is 0.119. The Labute approximate surface area is 126 Å². The minimum atomic E-state index is 0.681. The van der Waals surface area contributed by atoms with Crippen molar-refractivity contribution in [3.63, 3.8) is 0 Å². The maximum atomic E-state index is 3.61. The van der Waals surface area contributed by atoms with Crippen LogP contribution < -0.4 is 5.32 Å². The van der Waals surface area contributed by atoms with Crippen LogP contribution in [0.5, 0.6) is 0 Å². The molecule has 3 atom stereocenters. The minimum Gasteiger partial charge on any atom is -0.314 e. The van der Waals surface area contributed by atoms with Gasteiger partial charge in [0.25, 0.3) is 0 Å². The first-order valence-electron chi connectivity index (χ1n) is 8.86. The summed E-state index contributed by atoms with van der Waals surface area (Å²) >= 11 is 0. The Morgan fingerprint density at radius 1 is 1.15 bits per heavy atom. The van der Waals surface area contributed by atoms with Crippen molar-refractivity contribution in [2.45, 2.75) is 64.5 Å². The number of hydrogen-bond acceptors (Lipinski definition) is 3. The van der Waals surface area contributed by atoms with Gasteiger partial charge in [-0.1, -0.05) is 13.3 Å². The van der Waals surface area contributed by atoms with Gasteiger partial charge in [0, 0.05) is 18.6 Å². The van der Waals surface area contributed by atoms with Gasteiger partial charge in [0.2, 0.25) is 0 Å². The van der Waals surface area contributed by atoms with Crippen LogP contribution in [0, 0.1) is 5.92 Å². The lowest BCUT2D eigenvalue weighted by atomic mass is 9.91. The van der Waals surface area contributed by atoms with Crippen LogP contribution in [0.1, 0.15) is 52.4 Å². The van der Waals surface area contributed by atoms with Crippen LogP contribution in [-0.2, 0) is 0 Å². The summed E-state index contributed by atoms with van der Waals surface area (Å²) in [5.74, 6) is 0.854. The summed E-state index contributed by atoms with van der Waals surface area (Å²) in [5, 5.41) is 3.61. The van der Waals surface area contributed by atoms with E-state index in [9.17, 15) is 0 Å². The second-order valence-corrected chi connectivity index (χ2v) is 6.97. The third-order valence-corrected chi connectivity index (χ3v) is 5.48. The van der Waals surface area contributed by atoms with Gasteiger partial charge in [-0.25, -0.2) is 0 Å². The number of nitrogens with zero attached hydrogens (tertiary/aromatic N) is 2. The fraction of sp³-hybridized carbons (Fsp3) is 1.00. The molecular formula is C17H35N3. The molecule has 3 nitrogen and oxygen atoms in total. The highest BCUT2D eigenvalue weighted by molar-refractivity contribution is 4.82. The van der Waals surface area contributed by atoms with E-state index in [1.807, 2.05) is 0 Å². The van der Waals surface area contributed by atoms with E-state index in [4.69, 9.17) is 0 Å². The number of nitrogens with one attached hydrogen (secondary N) is 1. The highest BCUT2D eigenvalue weighted by atomic mass is 15.2. The molecule has 0 radical (unpaired) electrons. The molecule has 0 bridgehead atoms. The quantitative estimate of drug-likeness (QED) is 0.807. The van der Waals surface area contributed by atoms with Crippen molar-refractivity contribution in [2.24, 2.45) is 5.92 Å². The third-order valence-electron chi connectivity index (χ3n) is 5.48. The Morgan fingerprint density at radius 2 is 2.00 bits per heavy atom. The molecule has 0 amide bonds. The predicted octanol–water partition coefficient (Wildman–Crippen LogP) is 2.57. The topological polar surface area (TPSA) is 18.5 Å². The van der Waals surface area contributed by atoms with Gasteiger partial charge in [-0.05, 0) is 78.2 Å². The van der Waals surface area contributed by atoms with Gasteiger partial charge < -0.3 is 15.1 Å². The monoisotopic (exact) mass is 281 g/mol. The molecule has 0 spiro atoms. The number of piperidine rings is 2. The standard InChI is InChI=1S/C17H35N3/c1-4-18-15(2)16-8-7-12-20(14-16)13-10-17-9-5-6-11-19(17)3/h15-18H,4-14H2,1-3H3. The van der Waals surface area contributed by atoms with E-state index >= 15 is 0 Å². The molecule has 0 aliphatic carbocycles. The molecular weight excluding hydrogens is 246 g/mol. The van der Waals surface area contributed by atoms with Crippen LogP contribution in [-0.4, -0.2) is 61.7 Å². The Bertz CT molecular complexity index is 269. The molecule has 2 rings (SSSR count). The molecule has 20 heavy (non-hydrogen) atoms. The van der Waals surface area contributed by atoms with Crippen molar-refractivity contribution in [1.29, 1.82) is 0 Å². The SMILES string of the molecule is CCNC(C)C1CCCN(CCC2CCCCN2C)C1. The second kappa shape index (κ2) is 8.35. The van der Waals surface area contributed by atoms with Crippen molar-refractivity contribution >= 4 is 0 Å². The second-order valence-electron chi connectivity index (χ2n) is 6.97. The average molecular weight is 281 g/mol. The van der Waals surface area contributed by atoms with E-state index in [0.29, 0.717) is 6.04 Å². The Balaban J connectivity index is 1.72. The van der Waals surface area contributed by atoms with Gasteiger partial charge in [0.1, 0.15) is 0 Å². The van der Waals surface area contributed by atoms with E-state index in [-0.39, 0.29) is 0 Å². The van der Waals surface area contributed by atoms with E-state index < -0.39 is 0 Å². The van der Waals surface area contributed by atoms with E-state index in [2.05, 4.69) is 36.0 Å². The Hall–Kier alpha value is -0.120. The zero-order valence-corrected chi connectivity index (χ0v) is 13.9. The van der Waals surface area contributed by atoms with Gasteiger partial charge in [-0.3, -0.25) is 0 Å². The van der Waals surface area contributed by atoms with Crippen molar-refractivity contribution < 1.29 is 0 Å². The smallest absolute Gasteiger partial charge is 0.0104 e. The number of rotatable bonds is 6. The molecule has 0 saturated carbocycles. The molecule has 2 saturated heterocycles. The molecule has 2 heterocycles. The van der Waals surface area contributed by atoms with Crippen molar-refractivity contribution in [2.75, 3.05) is 39.8 Å². The highest BCUT2D eigenvalue weighted by Crippen LogP contribution is 2.22. The molecule has 3 unspecified atom stereocenters. The zero-order chi connectivity index (χ0) is 14.4. The molecule has 0 aromatic carbocycles. The van der Waals surface area contributed by atoms with Crippen molar-refractivity contribution in [3.8, 4) is 0 Å². The average Bonchev–Trinajstić information content (AvgIpc) is 2.47. The normalized spacial score (nSPS) is 31.4. The fourth-order valence-electron chi connectivity index (χ4n) is 4.03. The van der Waals surface area contributed by atoms with Gasteiger partial charge in [-0.2, -0.15) is 0 Å². The maximum absolute atomic E-state index is 3.61. The number of hydrogen-bond donors (Lipinski definition) is 1. The van der Waals surface area contributed by atoms with Crippen LogP contribution in [0.15, 0.2) is 0 Å². The molecule has 2 aliphatic heterocycles. The van der Waals surface area contributed by atoms with Crippen LogP contribution in [0.25, 0.3) is 0 Å². The van der Waals surface area contributed by atoms with Crippen molar-refractivity contribution in [1.82, 2.24) is 15.1 Å². The molecule has 118 valence electrons. The molecule has 3 heteroatoms. The third kappa shape index (κ3) is 4.71. The van der Waals surface area contributed by atoms with E-state index in [0.717, 1.165) is 18.5 Å². The lowest BCUT2D eigenvalue weighted by Gasteiger charge is -2.38. The summed E-state index contributed by atoms with van der Waals surface area (Å²) in [7, 11) is 2.32. The maximum Gasteiger partial charge on any atom is 0.0104 e. The van der Waals surface area contributed by atoms with Crippen LogP contribution in [0.4, 0.5) is 0 Å². The molecule has 0 aromatic heterocycles. The summed E-state index contributed by atoms with van der Waals surface area (Å²) in [6, 6.07) is 1.52. The zero-order valence-electron chi connectivity index (χ0n) is 13.9. The van der Waals surface area contributed by atoms with Gasteiger partial charge >= 0.3 is 0 Å². The molecule has 2 aliphatic rings. The number of likely N-dealkylation sites (tertiary alicyclic amines) is 2. The first-order valence-corrected chi connectivity index (χ1v) is 8.86. The summed E-state index contributed by atoms with van der Waals surface area (Å²) in [5.41, 5.74) is 0.